The number of halogens is 5. The van der Waals surface area contributed by atoms with Gasteiger partial charge in [-0.05, 0) is 60.2 Å². The fraction of sp³-hybridized carbons (Fsp3) is 0.0500. The molecule has 4 nitrogen and oxygen atoms in total. The molecular weight excluding hydrogens is 477 g/mol. The molecule has 0 radical (unpaired) electrons. The zero-order chi connectivity index (χ0) is 21.4. The van der Waals surface area contributed by atoms with Crippen LogP contribution in [-0.2, 0) is 6.61 Å². The zero-order valence-corrected chi connectivity index (χ0v) is 18.5. The van der Waals surface area contributed by atoms with Crippen molar-refractivity contribution in [2.24, 2.45) is 0 Å². The van der Waals surface area contributed by atoms with Crippen LogP contribution in [0.1, 0.15) is 5.56 Å². The Labute approximate surface area is 193 Å². The maximum absolute atomic E-state index is 11.7. The van der Waals surface area contributed by atoms with Crippen LogP contribution in [0.3, 0.4) is 0 Å². The predicted octanol–water partition coefficient (Wildman–Crippen LogP) is 7.78. The quantitative estimate of drug-likeness (QED) is 0.350. The molecule has 2 amide bonds. The minimum absolute atomic E-state index is 0.0456. The summed E-state index contributed by atoms with van der Waals surface area (Å²) in [7, 11) is 0. The van der Waals surface area contributed by atoms with Crippen molar-refractivity contribution in [3.63, 3.8) is 0 Å². The largest absolute Gasteiger partial charge is 0.392 e. The van der Waals surface area contributed by atoms with Gasteiger partial charge in [-0.15, -0.1) is 0 Å². The van der Waals surface area contributed by atoms with E-state index in [0.29, 0.717) is 42.1 Å². The van der Waals surface area contributed by atoms with E-state index in [2.05, 4.69) is 10.6 Å². The molecule has 3 aromatic rings. The van der Waals surface area contributed by atoms with Crippen LogP contribution >= 0.6 is 58.0 Å². The molecule has 0 heterocycles. The zero-order valence-electron chi connectivity index (χ0n) is 14.7. The fourth-order valence-electron chi connectivity index (χ4n) is 2.05. The number of rotatable bonds is 3. The van der Waals surface area contributed by atoms with Crippen LogP contribution in [0.5, 0.6) is 0 Å². The fourth-order valence-corrected chi connectivity index (χ4v) is 2.94. The van der Waals surface area contributed by atoms with E-state index in [9.17, 15) is 4.79 Å². The molecule has 0 aliphatic heterocycles. The Morgan fingerprint density at radius 3 is 1.86 bits per heavy atom. The van der Waals surface area contributed by atoms with E-state index in [1.165, 1.54) is 0 Å². The average molecular weight is 493 g/mol. The summed E-state index contributed by atoms with van der Waals surface area (Å²) in [5.74, 6) is 0. The lowest BCUT2D eigenvalue weighted by molar-refractivity contribution is 0.262. The average Bonchev–Trinajstić information content (AvgIpc) is 2.67. The Morgan fingerprint density at radius 1 is 0.690 bits per heavy atom. The molecule has 152 valence electrons. The van der Waals surface area contributed by atoms with E-state index < -0.39 is 0 Å². The van der Waals surface area contributed by atoms with Crippen molar-refractivity contribution in [2.45, 2.75) is 6.61 Å². The van der Waals surface area contributed by atoms with Crippen molar-refractivity contribution < 1.29 is 9.90 Å². The molecule has 29 heavy (non-hydrogen) atoms. The highest BCUT2D eigenvalue weighted by molar-refractivity contribution is 6.42. The van der Waals surface area contributed by atoms with Crippen molar-refractivity contribution in [3.8, 4) is 0 Å². The molecule has 0 spiro atoms. The summed E-state index contributed by atoms with van der Waals surface area (Å²) in [6.07, 6.45) is 0. The molecular formula is C20H15Cl5N2O2. The van der Waals surface area contributed by atoms with E-state index in [-0.39, 0.29) is 12.6 Å². The SMILES string of the molecule is O=C(Nc1ccc(Cl)cc1)Nc1ccc(Cl)c(Cl)c1.OCc1ccc(Cl)cc1Cl. The standard InChI is InChI=1S/C13H9Cl3N2O.C7H6Cl2O/c14-8-1-3-9(4-2-8)17-13(19)18-10-5-6-11(15)12(16)7-10;8-6-2-1-5(4-10)7(9)3-6/h1-7H,(H2,17,18,19);1-3,10H,4H2. The Kier molecular flexibility index (Phi) is 9.37. The molecule has 0 aromatic heterocycles. The highest BCUT2D eigenvalue weighted by Crippen LogP contribution is 2.25. The summed E-state index contributed by atoms with van der Waals surface area (Å²) in [6, 6.07) is 16.3. The van der Waals surface area contributed by atoms with Gasteiger partial charge >= 0.3 is 6.03 Å². The molecule has 3 N–H and O–H groups in total. The first-order valence-corrected chi connectivity index (χ1v) is 10.0. The van der Waals surface area contributed by atoms with Gasteiger partial charge in [-0.2, -0.15) is 0 Å². The number of carbonyl (C=O) groups is 1. The van der Waals surface area contributed by atoms with E-state index in [0.717, 1.165) is 0 Å². The van der Waals surface area contributed by atoms with Gasteiger partial charge in [0, 0.05) is 26.4 Å². The lowest BCUT2D eigenvalue weighted by atomic mass is 10.2. The van der Waals surface area contributed by atoms with Crippen molar-refractivity contribution in [1.82, 2.24) is 0 Å². The molecule has 0 fully saturated rings. The monoisotopic (exact) mass is 490 g/mol. The van der Waals surface area contributed by atoms with E-state index >= 15 is 0 Å². The lowest BCUT2D eigenvalue weighted by Gasteiger charge is -2.08. The van der Waals surface area contributed by atoms with E-state index in [4.69, 9.17) is 63.1 Å². The Balaban J connectivity index is 0.000000253. The van der Waals surface area contributed by atoms with Crippen molar-refractivity contribution >= 4 is 75.4 Å². The van der Waals surface area contributed by atoms with Crippen LogP contribution in [0.4, 0.5) is 16.2 Å². The maximum atomic E-state index is 11.7. The molecule has 0 saturated heterocycles. The first-order valence-electron chi connectivity index (χ1n) is 8.12. The number of aliphatic hydroxyl groups excluding tert-OH is 1. The summed E-state index contributed by atoms with van der Waals surface area (Å²) < 4.78 is 0. The van der Waals surface area contributed by atoms with Gasteiger partial charge in [0.15, 0.2) is 0 Å². The Bertz CT molecular complexity index is 981. The first-order chi connectivity index (χ1) is 13.8. The molecule has 0 aliphatic rings. The van der Waals surface area contributed by atoms with E-state index in [1.807, 2.05) is 0 Å². The minimum atomic E-state index is -0.374. The molecule has 0 unspecified atom stereocenters. The number of hydrogen-bond donors (Lipinski definition) is 3. The summed E-state index contributed by atoms with van der Waals surface area (Å²) in [5.41, 5.74) is 1.90. The summed E-state index contributed by atoms with van der Waals surface area (Å²) in [6.45, 7) is -0.0456. The first kappa shape index (κ1) is 23.6. The van der Waals surface area contributed by atoms with Gasteiger partial charge in [-0.1, -0.05) is 64.1 Å². The third-order valence-corrected chi connectivity index (χ3v) is 5.04. The van der Waals surface area contributed by atoms with Crippen molar-refractivity contribution in [3.05, 3.63) is 91.3 Å². The van der Waals surface area contributed by atoms with Crippen molar-refractivity contribution in [1.29, 1.82) is 0 Å². The molecule has 3 rings (SSSR count). The second kappa shape index (κ2) is 11.5. The highest BCUT2D eigenvalue weighted by Gasteiger charge is 2.05. The number of carbonyl (C=O) groups excluding carboxylic acids is 1. The number of benzene rings is 3. The van der Waals surface area contributed by atoms with Crippen LogP contribution in [0.2, 0.25) is 25.1 Å². The van der Waals surface area contributed by atoms with Gasteiger partial charge in [-0.3, -0.25) is 0 Å². The van der Waals surface area contributed by atoms with Gasteiger partial charge in [0.1, 0.15) is 0 Å². The summed E-state index contributed by atoms with van der Waals surface area (Å²) in [4.78, 5) is 11.7. The molecule has 9 heteroatoms. The highest BCUT2D eigenvalue weighted by atomic mass is 35.5. The summed E-state index contributed by atoms with van der Waals surface area (Å²) in [5, 5.41) is 16.5. The van der Waals surface area contributed by atoms with Crippen LogP contribution < -0.4 is 10.6 Å². The van der Waals surface area contributed by atoms with Gasteiger partial charge < -0.3 is 15.7 Å². The van der Waals surface area contributed by atoms with Gasteiger partial charge in [-0.25, -0.2) is 4.79 Å². The molecule has 0 saturated carbocycles. The molecule has 0 atom stereocenters. The second-order valence-corrected chi connectivity index (χ2v) is 7.70. The third-order valence-electron chi connectivity index (χ3n) is 3.47. The number of aliphatic hydroxyl groups is 1. The summed E-state index contributed by atoms with van der Waals surface area (Å²) >= 11 is 28.7. The molecule has 0 bridgehead atoms. The van der Waals surface area contributed by atoms with Crippen LogP contribution in [0.15, 0.2) is 60.7 Å². The van der Waals surface area contributed by atoms with E-state index in [1.54, 1.807) is 60.7 Å². The second-order valence-electron chi connectivity index (χ2n) is 5.61. The van der Waals surface area contributed by atoms with Gasteiger partial charge in [0.2, 0.25) is 0 Å². The van der Waals surface area contributed by atoms with Crippen molar-refractivity contribution in [2.75, 3.05) is 10.6 Å². The number of urea groups is 1. The van der Waals surface area contributed by atoms with Gasteiger partial charge in [0.05, 0.1) is 16.7 Å². The third kappa shape index (κ3) is 7.94. The molecule has 3 aromatic carbocycles. The topological polar surface area (TPSA) is 61.4 Å². The van der Waals surface area contributed by atoms with Crippen LogP contribution in [0, 0.1) is 0 Å². The minimum Gasteiger partial charge on any atom is -0.392 e. The maximum Gasteiger partial charge on any atom is 0.323 e. The van der Waals surface area contributed by atoms with Gasteiger partial charge in [0.25, 0.3) is 0 Å². The molecule has 0 aliphatic carbocycles. The lowest BCUT2D eigenvalue weighted by Crippen LogP contribution is -2.19. The Hall–Kier alpha value is -1.66. The number of hydrogen-bond acceptors (Lipinski definition) is 2. The smallest absolute Gasteiger partial charge is 0.323 e. The predicted molar refractivity (Wildman–Crippen MR) is 123 cm³/mol. The number of amides is 2. The van der Waals surface area contributed by atoms with Crippen LogP contribution in [0.25, 0.3) is 0 Å². The normalized spacial score (nSPS) is 10.0. The Morgan fingerprint density at radius 2 is 1.28 bits per heavy atom. The number of anilines is 2. The number of nitrogens with one attached hydrogen (secondary N) is 2. The van der Waals surface area contributed by atoms with Crippen LogP contribution in [-0.4, -0.2) is 11.1 Å².